The molecule has 8 aromatic carbocycles. The normalized spacial score (nSPS) is 12.4. The minimum absolute atomic E-state index is 0.800. The fourth-order valence-electron chi connectivity index (χ4n) is 8.33. The number of thiophene rings is 2. The van der Waals surface area contributed by atoms with Crippen LogP contribution in [-0.2, 0) is 0 Å². The molecule has 12 rings (SSSR count). The molecule has 0 aliphatic carbocycles. The average Bonchev–Trinajstić information content (AvgIpc) is 3.94. The number of furan rings is 2. The molecule has 0 fully saturated rings. The van der Waals surface area contributed by atoms with Crippen LogP contribution in [0, 0.1) is 0 Å². The zero-order valence-corrected chi connectivity index (χ0v) is 28.1. The van der Waals surface area contributed by atoms with Gasteiger partial charge in [-0.3, -0.25) is 0 Å². The molecule has 0 spiro atoms. The molecular weight excluding hydrogens is 649 g/mol. The van der Waals surface area contributed by atoms with Crippen molar-refractivity contribution in [2.45, 2.75) is 0 Å². The van der Waals surface area contributed by atoms with Crippen molar-refractivity contribution >= 4 is 118 Å². The Balaban J connectivity index is 1.12. The molecule has 4 heteroatoms. The van der Waals surface area contributed by atoms with Gasteiger partial charge in [0.05, 0.1) is 0 Å². The van der Waals surface area contributed by atoms with E-state index in [0.29, 0.717) is 0 Å². The predicted octanol–water partition coefficient (Wildman–Crippen LogP) is 14.7. The highest BCUT2D eigenvalue weighted by molar-refractivity contribution is 7.26. The van der Waals surface area contributed by atoms with Crippen LogP contribution in [0.4, 0.5) is 0 Å². The molecule has 0 unspecified atom stereocenters. The Hall–Kier alpha value is -5.94. The summed E-state index contributed by atoms with van der Waals surface area (Å²) in [6.45, 7) is 0. The lowest BCUT2D eigenvalue weighted by atomic mass is 9.95. The van der Waals surface area contributed by atoms with E-state index in [0.717, 1.165) is 55.0 Å². The van der Waals surface area contributed by atoms with Crippen LogP contribution in [0.25, 0.3) is 117 Å². The van der Waals surface area contributed by atoms with E-state index >= 15 is 0 Å². The van der Waals surface area contributed by atoms with Crippen molar-refractivity contribution < 1.29 is 8.83 Å². The number of hydrogen-bond donors (Lipinski definition) is 0. The maximum atomic E-state index is 6.87. The molecule has 232 valence electrons. The second-order valence-electron chi connectivity index (χ2n) is 13.1. The minimum Gasteiger partial charge on any atom is -0.452 e. The van der Waals surface area contributed by atoms with Crippen molar-refractivity contribution in [2.75, 3.05) is 0 Å². The van der Waals surface area contributed by atoms with Gasteiger partial charge in [-0.1, -0.05) is 97.1 Å². The third-order valence-electron chi connectivity index (χ3n) is 10.5. The standard InChI is InChI=1S/C46H24O2S2/c1-2-10-30-29(9-1)43-31-21-19-25(27-13-7-17-39-41(27)33-11-3-5-15-37(33)49-39)23-35(31)47-45(43)46-44(30)32-22-20-26(24-36(32)48-46)28-14-8-18-40-42(28)34-12-4-6-16-38(34)50-40/h1-24H. The van der Waals surface area contributed by atoms with E-state index in [1.807, 2.05) is 22.7 Å². The molecule has 2 nitrogen and oxygen atoms in total. The number of hydrogen-bond acceptors (Lipinski definition) is 4. The van der Waals surface area contributed by atoms with E-state index < -0.39 is 0 Å². The monoisotopic (exact) mass is 672 g/mol. The highest BCUT2D eigenvalue weighted by Crippen LogP contribution is 2.47. The van der Waals surface area contributed by atoms with Gasteiger partial charge in [0.25, 0.3) is 0 Å². The van der Waals surface area contributed by atoms with E-state index in [9.17, 15) is 0 Å². The first-order chi connectivity index (χ1) is 24.8. The third kappa shape index (κ3) is 3.56. The number of fused-ring (bicyclic) bond motifs is 16. The van der Waals surface area contributed by atoms with Crippen LogP contribution >= 0.6 is 22.7 Å². The predicted molar refractivity (Wildman–Crippen MR) is 215 cm³/mol. The van der Waals surface area contributed by atoms with Crippen molar-refractivity contribution in [2.24, 2.45) is 0 Å². The lowest BCUT2D eigenvalue weighted by Crippen LogP contribution is -1.80. The largest absolute Gasteiger partial charge is 0.452 e. The van der Waals surface area contributed by atoms with Crippen LogP contribution in [0.5, 0.6) is 0 Å². The second kappa shape index (κ2) is 9.82. The molecule has 0 saturated carbocycles. The molecule has 50 heavy (non-hydrogen) atoms. The van der Waals surface area contributed by atoms with Gasteiger partial charge in [0.2, 0.25) is 0 Å². The summed E-state index contributed by atoms with van der Waals surface area (Å²) in [6.07, 6.45) is 0. The Morgan fingerprint density at radius 2 is 0.740 bits per heavy atom. The first-order valence-electron chi connectivity index (χ1n) is 16.8. The summed E-state index contributed by atoms with van der Waals surface area (Å²) in [7, 11) is 0. The highest BCUT2D eigenvalue weighted by atomic mass is 32.1. The van der Waals surface area contributed by atoms with Crippen LogP contribution in [0.3, 0.4) is 0 Å². The fraction of sp³-hybridized carbons (Fsp3) is 0. The zero-order chi connectivity index (χ0) is 32.5. The zero-order valence-electron chi connectivity index (χ0n) is 26.5. The summed E-state index contributed by atoms with van der Waals surface area (Å²) in [4.78, 5) is 0. The van der Waals surface area contributed by atoms with Gasteiger partial charge >= 0.3 is 0 Å². The maximum absolute atomic E-state index is 6.87. The van der Waals surface area contributed by atoms with Crippen molar-refractivity contribution in [3.8, 4) is 22.3 Å². The first kappa shape index (κ1) is 26.9. The van der Waals surface area contributed by atoms with E-state index in [4.69, 9.17) is 8.83 Å². The van der Waals surface area contributed by atoms with Crippen molar-refractivity contribution in [1.29, 1.82) is 0 Å². The van der Waals surface area contributed by atoms with Crippen LogP contribution in [0.2, 0.25) is 0 Å². The minimum atomic E-state index is 0.800. The van der Waals surface area contributed by atoms with E-state index in [1.165, 1.54) is 62.2 Å². The Kier molecular flexibility index (Phi) is 5.29. The van der Waals surface area contributed by atoms with Crippen molar-refractivity contribution in [3.63, 3.8) is 0 Å². The summed E-state index contributed by atoms with van der Waals surface area (Å²) in [5.41, 5.74) is 8.07. The van der Waals surface area contributed by atoms with Crippen LogP contribution in [-0.4, -0.2) is 0 Å². The van der Waals surface area contributed by atoms with Gasteiger partial charge in [-0.05, 0) is 81.6 Å². The van der Waals surface area contributed by atoms with Gasteiger partial charge < -0.3 is 8.83 Å². The van der Waals surface area contributed by atoms with E-state index in [-0.39, 0.29) is 0 Å². The van der Waals surface area contributed by atoms with Crippen molar-refractivity contribution in [3.05, 3.63) is 146 Å². The Bertz CT molecular complexity index is 3160. The van der Waals surface area contributed by atoms with Crippen LogP contribution in [0.15, 0.2) is 154 Å². The molecular formula is C46H24O2S2. The first-order valence-corrected chi connectivity index (χ1v) is 18.5. The van der Waals surface area contributed by atoms with Gasteiger partial charge in [0, 0.05) is 61.9 Å². The molecule has 0 amide bonds. The quantitative estimate of drug-likeness (QED) is 0.183. The lowest BCUT2D eigenvalue weighted by Gasteiger charge is -2.06. The second-order valence-corrected chi connectivity index (χ2v) is 15.3. The molecule has 0 atom stereocenters. The molecule has 12 aromatic rings. The molecule has 0 saturated heterocycles. The summed E-state index contributed by atoms with van der Waals surface area (Å²) in [6, 6.07) is 52.7. The Morgan fingerprint density at radius 3 is 1.22 bits per heavy atom. The third-order valence-corrected chi connectivity index (χ3v) is 12.8. The Morgan fingerprint density at radius 1 is 0.320 bits per heavy atom. The van der Waals surface area contributed by atoms with Gasteiger partial charge in [-0.15, -0.1) is 22.7 Å². The van der Waals surface area contributed by atoms with E-state index in [2.05, 4.69) is 146 Å². The van der Waals surface area contributed by atoms with Crippen molar-refractivity contribution in [1.82, 2.24) is 0 Å². The molecule has 0 N–H and O–H groups in total. The molecule has 0 aliphatic heterocycles. The topological polar surface area (TPSA) is 26.3 Å². The summed E-state index contributed by atoms with van der Waals surface area (Å²) in [5, 5.41) is 11.9. The SMILES string of the molecule is c1ccc2c(c1)sc1cccc(-c3ccc4c(c3)oc3c5oc6cc(-c7cccc8sc9ccccc9c78)ccc6c5c5ccccc5c43)c12. The molecule has 0 bridgehead atoms. The average molecular weight is 673 g/mol. The van der Waals surface area contributed by atoms with Crippen LogP contribution < -0.4 is 0 Å². The van der Waals surface area contributed by atoms with E-state index in [1.54, 1.807) is 0 Å². The molecule has 4 aromatic heterocycles. The van der Waals surface area contributed by atoms with Crippen LogP contribution in [0.1, 0.15) is 0 Å². The maximum Gasteiger partial charge on any atom is 0.179 e. The smallest absolute Gasteiger partial charge is 0.179 e. The van der Waals surface area contributed by atoms with Gasteiger partial charge in [0.1, 0.15) is 11.2 Å². The van der Waals surface area contributed by atoms with Gasteiger partial charge in [0.15, 0.2) is 11.2 Å². The number of benzene rings is 8. The lowest BCUT2D eigenvalue weighted by molar-refractivity contribution is 0.634. The summed E-state index contributed by atoms with van der Waals surface area (Å²) in [5.74, 6) is 0. The molecule has 0 aliphatic rings. The number of rotatable bonds is 2. The summed E-state index contributed by atoms with van der Waals surface area (Å²) >= 11 is 3.70. The van der Waals surface area contributed by atoms with Gasteiger partial charge in [-0.2, -0.15) is 0 Å². The Labute approximate surface area is 293 Å². The highest BCUT2D eigenvalue weighted by Gasteiger charge is 2.22. The van der Waals surface area contributed by atoms with Gasteiger partial charge in [-0.25, -0.2) is 0 Å². The molecule has 4 heterocycles. The summed E-state index contributed by atoms with van der Waals surface area (Å²) < 4.78 is 18.9. The molecule has 0 radical (unpaired) electrons. The fourth-order valence-corrected chi connectivity index (χ4v) is 10.6.